The fraction of sp³-hybridized carbons (Fsp3) is 0.688. The van der Waals surface area contributed by atoms with Crippen LogP contribution in [0.2, 0.25) is 0 Å². The van der Waals surface area contributed by atoms with Crippen LogP contribution in [0.25, 0.3) is 0 Å². The lowest BCUT2D eigenvalue weighted by Gasteiger charge is -2.25. The quantitative estimate of drug-likeness (QED) is 0.430. The highest BCUT2D eigenvalue weighted by Gasteiger charge is 2.21. The van der Waals surface area contributed by atoms with Gasteiger partial charge in [0.25, 0.3) is 0 Å². The Morgan fingerprint density at radius 2 is 1.86 bits per heavy atom. The van der Waals surface area contributed by atoms with Gasteiger partial charge in [-0.15, -0.1) is 11.3 Å². The van der Waals surface area contributed by atoms with E-state index in [0.717, 1.165) is 25.6 Å². The van der Waals surface area contributed by atoms with E-state index in [4.69, 9.17) is 0 Å². The number of hydrogen-bond donors (Lipinski definition) is 3. The summed E-state index contributed by atoms with van der Waals surface area (Å²) in [5.41, 5.74) is 0.259. The summed E-state index contributed by atoms with van der Waals surface area (Å²) in [5, 5.41) is 12.3. The predicted molar refractivity (Wildman–Crippen MR) is 94.5 cm³/mol. The second-order valence-corrected chi connectivity index (χ2v) is 7.84. The van der Waals surface area contributed by atoms with Crippen LogP contribution >= 0.6 is 11.3 Å². The van der Waals surface area contributed by atoms with Gasteiger partial charge in [-0.05, 0) is 32.2 Å². The molecule has 5 heteroatoms. The molecule has 0 atom stereocenters. The van der Waals surface area contributed by atoms with E-state index in [2.05, 4.69) is 73.1 Å². The molecule has 0 aliphatic rings. The molecule has 21 heavy (non-hydrogen) atoms. The molecule has 1 aromatic rings. The first kappa shape index (κ1) is 18.0. The molecular weight excluding hydrogens is 280 g/mol. The van der Waals surface area contributed by atoms with Crippen molar-refractivity contribution in [1.29, 1.82) is 0 Å². The minimum Gasteiger partial charge on any atom is -0.356 e. The second kappa shape index (κ2) is 7.80. The van der Waals surface area contributed by atoms with Gasteiger partial charge in [-0.25, -0.2) is 0 Å². The van der Waals surface area contributed by atoms with Crippen molar-refractivity contribution in [2.24, 2.45) is 4.99 Å². The zero-order valence-corrected chi connectivity index (χ0v) is 15.0. The average molecular weight is 311 g/mol. The van der Waals surface area contributed by atoms with Crippen molar-refractivity contribution in [3.05, 3.63) is 22.4 Å². The highest BCUT2D eigenvalue weighted by molar-refractivity contribution is 7.10. The van der Waals surface area contributed by atoms with Crippen LogP contribution < -0.4 is 16.0 Å². The molecule has 4 nitrogen and oxygen atoms in total. The molecule has 3 N–H and O–H groups in total. The Balaban J connectivity index is 2.35. The van der Waals surface area contributed by atoms with Crippen LogP contribution in [-0.4, -0.2) is 38.2 Å². The number of nitrogens with one attached hydrogen (secondary N) is 3. The van der Waals surface area contributed by atoms with Gasteiger partial charge in [-0.1, -0.05) is 19.9 Å². The van der Waals surface area contributed by atoms with Crippen molar-refractivity contribution in [3.8, 4) is 0 Å². The van der Waals surface area contributed by atoms with E-state index in [9.17, 15) is 0 Å². The van der Waals surface area contributed by atoms with Crippen molar-refractivity contribution < 1.29 is 0 Å². The van der Waals surface area contributed by atoms with Gasteiger partial charge in [0.2, 0.25) is 0 Å². The number of nitrogens with zero attached hydrogens (tertiary/aromatic N) is 1. The van der Waals surface area contributed by atoms with E-state index in [1.165, 1.54) is 4.88 Å². The molecule has 0 aromatic carbocycles. The molecule has 0 aliphatic heterocycles. The fourth-order valence-electron chi connectivity index (χ4n) is 1.89. The highest BCUT2D eigenvalue weighted by Crippen LogP contribution is 2.26. The first-order chi connectivity index (χ1) is 9.74. The molecule has 1 rings (SSSR count). The summed E-state index contributed by atoms with van der Waals surface area (Å²) in [7, 11) is 1.81. The van der Waals surface area contributed by atoms with Crippen LogP contribution in [0.5, 0.6) is 0 Å². The molecule has 0 fully saturated rings. The molecule has 120 valence electrons. The predicted octanol–water partition coefficient (Wildman–Crippen LogP) is 2.58. The topological polar surface area (TPSA) is 48.5 Å². The summed E-state index contributed by atoms with van der Waals surface area (Å²) in [6.07, 6.45) is 0. The largest absolute Gasteiger partial charge is 0.356 e. The van der Waals surface area contributed by atoms with Crippen molar-refractivity contribution in [3.63, 3.8) is 0 Å². The van der Waals surface area contributed by atoms with Crippen LogP contribution in [0.15, 0.2) is 22.5 Å². The smallest absolute Gasteiger partial charge is 0.191 e. The lowest BCUT2D eigenvalue weighted by Crippen LogP contribution is -2.46. The Bertz CT molecular complexity index is 430. The molecule has 0 saturated heterocycles. The molecule has 0 aliphatic carbocycles. The number of rotatable bonds is 6. The van der Waals surface area contributed by atoms with Crippen molar-refractivity contribution in [2.75, 3.05) is 26.7 Å². The lowest BCUT2D eigenvalue weighted by molar-refractivity contribution is 0.428. The molecule has 0 radical (unpaired) electrons. The maximum absolute atomic E-state index is 4.28. The molecule has 1 heterocycles. The fourth-order valence-corrected chi connectivity index (χ4v) is 2.75. The van der Waals surface area contributed by atoms with Gasteiger partial charge in [0.15, 0.2) is 5.96 Å². The van der Waals surface area contributed by atoms with Gasteiger partial charge in [0.05, 0.1) is 0 Å². The van der Waals surface area contributed by atoms with E-state index in [1.54, 1.807) is 11.3 Å². The number of guanidine groups is 1. The summed E-state index contributed by atoms with van der Waals surface area (Å²) in [4.78, 5) is 5.67. The van der Waals surface area contributed by atoms with Crippen molar-refractivity contribution >= 4 is 17.3 Å². The molecule has 0 bridgehead atoms. The van der Waals surface area contributed by atoms with Gasteiger partial charge in [-0.3, -0.25) is 4.99 Å². The first-order valence-corrected chi connectivity index (χ1v) is 8.36. The molecule has 0 saturated carbocycles. The average Bonchev–Trinajstić information content (AvgIpc) is 2.91. The van der Waals surface area contributed by atoms with Gasteiger partial charge in [0.1, 0.15) is 0 Å². The maximum Gasteiger partial charge on any atom is 0.191 e. The van der Waals surface area contributed by atoms with Gasteiger partial charge < -0.3 is 16.0 Å². The summed E-state index contributed by atoms with van der Waals surface area (Å²) in [6.45, 7) is 13.6. The number of aliphatic imine (C=N–C) groups is 1. The van der Waals surface area contributed by atoms with Crippen LogP contribution in [0.4, 0.5) is 0 Å². The van der Waals surface area contributed by atoms with E-state index in [0.29, 0.717) is 0 Å². The zero-order chi connectivity index (χ0) is 15.9. The SMILES string of the molecule is CN=C(NCCNC(C)(C)C)NCC(C)(C)c1cccs1. The minimum atomic E-state index is 0.107. The Hall–Kier alpha value is -1.07. The normalized spacial score (nSPS) is 13.3. The highest BCUT2D eigenvalue weighted by atomic mass is 32.1. The number of thiophene rings is 1. The Kier molecular flexibility index (Phi) is 6.68. The third-order valence-electron chi connectivity index (χ3n) is 3.18. The van der Waals surface area contributed by atoms with Crippen LogP contribution in [0.1, 0.15) is 39.5 Å². The summed E-state index contributed by atoms with van der Waals surface area (Å²) < 4.78 is 0. The Morgan fingerprint density at radius 1 is 1.14 bits per heavy atom. The molecule has 1 aromatic heterocycles. The Labute approximate surface area is 133 Å². The van der Waals surface area contributed by atoms with Gasteiger partial charge >= 0.3 is 0 Å². The van der Waals surface area contributed by atoms with E-state index >= 15 is 0 Å². The van der Waals surface area contributed by atoms with Crippen LogP contribution in [-0.2, 0) is 5.41 Å². The van der Waals surface area contributed by atoms with Crippen LogP contribution in [0.3, 0.4) is 0 Å². The minimum absolute atomic E-state index is 0.107. The van der Waals surface area contributed by atoms with Crippen LogP contribution in [0, 0.1) is 0 Å². The van der Waals surface area contributed by atoms with E-state index in [-0.39, 0.29) is 11.0 Å². The summed E-state index contributed by atoms with van der Waals surface area (Å²) in [6, 6.07) is 4.29. The lowest BCUT2D eigenvalue weighted by atomic mass is 9.91. The first-order valence-electron chi connectivity index (χ1n) is 7.48. The molecule has 0 spiro atoms. The number of hydrogen-bond acceptors (Lipinski definition) is 3. The van der Waals surface area contributed by atoms with Crippen molar-refractivity contribution in [2.45, 2.75) is 45.6 Å². The summed E-state index contributed by atoms with van der Waals surface area (Å²) in [5.74, 6) is 0.857. The van der Waals surface area contributed by atoms with Gasteiger partial charge in [-0.2, -0.15) is 0 Å². The standard InChI is InChI=1S/C16H30N4S/c1-15(2,3)20-10-9-18-14(17-6)19-12-16(4,5)13-8-7-11-21-13/h7-8,11,20H,9-10,12H2,1-6H3,(H2,17,18,19). The molecular formula is C16H30N4S. The third-order valence-corrected chi connectivity index (χ3v) is 4.42. The Morgan fingerprint density at radius 3 is 2.38 bits per heavy atom. The molecule has 0 unspecified atom stereocenters. The second-order valence-electron chi connectivity index (χ2n) is 6.89. The van der Waals surface area contributed by atoms with E-state index < -0.39 is 0 Å². The maximum atomic E-state index is 4.28. The monoisotopic (exact) mass is 310 g/mol. The summed E-state index contributed by atoms with van der Waals surface area (Å²) >= 11 is 1.80. The van der Waals surface area contributed by atoms with Gasteiger partial charge in [0, 0.05) is 42.5 Å². The molecule has 0 amide bonds. The van der Waals surface area contributed by atoms with E-state index in [1.807, 2.05) is 7.05 Å². The third kappa shape index (κ3) is 6.96. The van der Waals surface area contributed by atoms with Crippen molar-refractivity contribution in [1.82, 2.24) is 16.0 Å². The zero-order valence-electron chi connectivity index (χ0n) is 14.2.